The number of carbonyl (C=O) groups is 1. The smallest absolute Gasteiger partial charge is 0.330 e. The van der Waals surface area contributed by atoms with Crippen molar-refractivity contribution in [1.82, 2.24) is 9.55 Å². The van der Waals surface area contributed by atoms with Crippen molar-refractivity contribution < 1.29 is 14.1 Å². The number of methoxy groups -OCH3 is 1. The molecule has 0 saturated heterocycles. The molecule has 0 aliphatic rings. The van der Waals surface area contributed by atoms with Crippen LogP contribution in [-0.2, 0) is 22.6 Å². The minimum atomic E-state index is -0.717. The van der Waals surface area contributed by atoms with Crippen molar-refractivity contribution >= 4 is 17.4 Å². The number of anilines is 2. The van der Waals surface area contributed by atoms with E-state index in [1.54, 1.807) is 17.0 Å². The van der Waals surface area contributed by atoms with Crippen LogP contribution in [0.15, 0.2) is 64.4 Å². The maximum atomic E-state index is 13.1. The molecule has 0 fully saturated rings. The van der Waals surface area contributed by atoms with Gasteiger partial charge in [0.25, 0.3) is 11.5 Å². The van der Waals surface area contributed by atoms with Crippen LogP contribution in [0, 0.1) is 6.92 Å². The number of nitrogen functional groups attached to an aromatic ring is 1. The van der Waals surface area contributed by atoms with Gasteiger partial charge in [0, 0.05) is 25.8 Å². The van der Waals surface area contributed by atoms with Crippen molar-refractivity contribution in [3.8, 4) is 0 Å². The third-order valence-electron chi connectivity index (χ3n) is 4.86. The van der Waals surface area contributed by atoms with Crippen LogP contribution < -0.4 is 26.4 Å². The average Bonchev–Trinajstić information content (AvgIpc) is 2.75. The normalized spacial score (nSPS) is 10.8. The minimum absolute atomic E-state index is 0.000681. The van der Waals surface area contributed by atoms with E-state index >= 15 is 0 Å². The van der Waals surface area contributed by atoms with E-state index in [4.69, 9.17) is 10.5 Å². The van der Waals surface area contributed by atoms with Gasteiger partial charge in [-0.1, -0.05) is 30.3 Å². The molecule has 0 atom stereocenters. The van der Waals surface area contributed by atoms with Crippen molar-refractivity contribution in [3.05, 3.63) is 86.8 Å². The predicted molar refractivity (Wildman–Crippen MR) is 117 cm³/mol. The van der Waals surface area contributed by atoms with E-state index in [2.05, 4.69) is 4.98 Å². The first-order valence-electron chi connectivity index (χ1n) is 9.82. The van der Waals surface area contributed by atoms with Crippen molar-refractivity contribution in [2.75, 3.05) is 30.9 Å². The Morgan fingerprint density at radius 1 is 1.16 bits per heavy atom. The molecule has 1 amide bonds. The van der Waals surface area contributed by atoms with E-state index in [1.807, 2.05) is 49.4 Å². The van der Waals surface area contributed by atoms with E-state index in [0.717, 1.165) is 11.1 Å². The highest BCUT2D eigenvalue weighted by atomic mass is 16.5. The Kier molecular flexibility index (Phi) is 6.99. The fraction of sp³-hybridized carbons (Fsp3) is 0.273. The summed E-state index contributed by atoms with van der Waals surface area (Å²) < 4.78 is 8.07. The van der Waals surface area contributed by atoms with Gasteiger partial charge in [-0.2, -0.15) is 4.57 Å². The molecule has 0 saturated carbocycles. The number of benzene rings is 1. The monoisotopic (exact) mass is 424 g/mol. The van der Waals surface area contributed by atoms with Crippen LogP contribution in [-0.4, -0.2) is 35.7 Å². The molecule has 0 radical (unpaired) electrons. The number of nitrogens with zero attached hydrogens (tertiary/aromatic N) is 3. The molecule has 0 bridgehead atoms. The first kappa shape index (κ1) is 22.0. The fourth-order valence-electron chi connectivity index (χ4n) is 3.18. The molecule has 2 aromatic heterocycles. The lowest BCUT2D eigenvalue weighted by Gasteiger charge is -2.23. The number of hydrogen-bond acceptors (Lipinski definition) is 5. The fourth-order valence-corrected chi connectivity index (χ4v) is 3.18. The molecular formula is C22H26N5O4+. The number of ether oxygens (including phenoxy) is 1. The minimum Gasteiger partial charge on any atom is -0.383 e. The lowest BCUT2D eigenvalue weighted by atomic mass is 10.2. The summed E-state index contributed by atoms with van der Waals surface area (Å²) >= 11 is 0. The topological polar surface area (TPSA) is 114 Å². The maximum absolute atomic E-state index is 13.1. The average molecular weight is 424 g/mol. The molecule has 0 unspecified atom stereocenters. The second-order valence-electron chi connectivity index (χ2n) is 7.15. The summed E-state index contributed by atoms with van der Waals surface area (Å²) in [5.74, 6) is -0.427. The molecular weight excluding hydrogens is 398 g/mol. The SMILES string of the molecule is COCCN(C(=O)C[n+]1ccc(C)cc1)c1c(N)n(Cc2ccccc2)c(=O)[nH]c1=O. The summed E-state index contributed by atoms with van der Waals surface area (Å²) in [5.41, 5.74) is 6.74. The zero-order valence-electron chi connectivity index (χ0n) is 17.6. The predicted octanol–water partition coefficient (Wildman–Crippen LogP) is 0.443. The Labute approximate surface area is 179 Å². The summed E-state index contributed by atoms with van der Waals surface area (Å²) in [4.78, 5) is 41.8. The first-order chi connectivity index (χ1) is 14.9. The summed E-state index contributed by atoms with van der Waals surface area (Å²) in [6.45, 7) is 2.42. The van der Waals surface area contributed by atoms with Gasteiger partial charge in [-0.25, -0.2) is 4.79 Å². The summed E-state index contributed by atoms with van der Waals surface area (Å²) in [6, 6.07) is 13.0. The van der Waals surface area contributed by atoms with E-state index in [-0.39, 0.29) is 43.7 Å². The molecule has 1 aromatic carbocycles. The number of H-pyrrole nitrogens is 1. The van der Waals surface area contributed by atoms with Gasteiger partial charge in [0.15, 0.2) is 18.1 Å². The van der Waals surface area contributed by atoms with Gasteiger partial charge in [-0.15, -0.1) is 0 Å². The van der Waals surface area contributed by atoms with Gasteiger partial charge < -0.3 is 10.5 Å². The standard InChI is InChI=1S/C22H25N5O4/c1-16-8-10-25(11-9-16)15-18(28)26(12-13-31-2)19-20(23)27(22(30)24-21(19)29)14-17-6-4-3-5-7-17/h3-11H,12-15H2,1-2H3,(H2-,23,24,29,30)/p+1. The molecule has 9 heteroatoms. The lowest BCUT2D eigenvalue weighted by Crippen LogP contribution is -2.48. The quantitative estimate of drug-likeness (QED) is 0.510. The van der Waals surface area contributed by atoms with Gasteiger partial charge in [0.2, 0.25) is 6.54 Å². The molecule has 31 heavy (non-hydrogen) atoms. The molecule has 9 nitrogen and oxygen atoms in total. The van der Waals surface area contributed by atoms with Crippen molar-refractivity contribution in [1.29, 1.82) is 0 Å². The number of nitrogens with two attached hydrogens (primary N) is 1. The van der Waals surface area contributed by atoms with Crippen molar-refractivity contribution in [2.45, 2.75) is 20.0 Å². The van der Waals surface area contributed by atoms with Crippen LogP contribution in [0.25, 0.3) is 0 Å². The van der Waals surface area contributed by atoms with E-state index in [0.29, 0.717) is 0 Å². The number of rotatable bonds is 8. The van der Waals surface area contributed by atoms with Crippen LogP contribution in [0.1, 0.15) is 11.1 Å². The van der Waals surface area contributed by atoms with E-state index < -0.39 is 11.2 Å². The number of aromatic amines is 1. The number of hydrogen-bond donors (Lipinski definition) is 2. The molecule has 0 aliphatic carbocycles. The number of aromatic nitrogens is 3. The number of aryl methyl sites for hydroxylation is 1. The Morgan fingerprint density at radius 3 is 2.48 bits per heavy atom. The summed E-state index contributed by atoms with van der Waals surface area (Å²) in [7, 11) is 1.50. The van der Waals surface area contributed by atoms with Gasteiger partial charge >= 0.3 is 5.69 Å². The highest BCUT2D eigenvalue weighted by molar-refractivity contribution is 5.94. The Bertz CT molecular complexity index is 1150. The largest absolute Gasteiger partial charge is 0.383 e. The zero-order chi connectivity index (χ0) is 22.4. The number of pyridine rings is 1. The Hall–Kier alpha value is -3.72. The maximum Gasteiger partial charge on any atom is 0.330 e. The number of amides is 1. The van der Waals surface area contributed by atoms with Gasteiger partial charge in [0.1, 0.15) is 5.82 Å². The van der Waals surface area contributed by atoms with Crippen LogP contribution in [0.5, 0.6) is 0 Å². The van der Waals surface area contributed by atoms with E-state index in [1.165, 1.54) is 16.6 Å². The number of nitrogens with one attached hydrogen (secondary N) is 1. The molecule has 0 spiro atoms. The molecule has 3 N–H and O–H groups in total. The molecule has 2 heterocycles. The molecule has 3 rings (SSSR count). The third-order valence-corrected chi connectivity index (χ3v) is 4.86. The Balaban J connectivity index is 2.00. The summed E-state index contributed by atoms with van der Waals surface area (Å²) in [5, 5.41) is 0. The highest BCUT2D eigenvalue weighted by Gasteiger charge is 2.26. The second kappa shape index (κ2) is 9.86. The van der Waals surface area contributed by atoms with Gasteiger partial charge in [0.05, 0.1) is 13.2 Å². The van der Waals surface area contributed by atoms with Crippen molar-refractivity contribution in [2.24, 2.45) is 0 Å². The highest BCUT2D eigenvalue weighted by Crippen LogP contribution is 2.18. The van der Waals surface area contributed by atoms with Crippen LogP contribution in [0.2, 0.25) is 0 Å². The van der Waals surface area contributed by atoms with Gasteiger partial charge in [-0.3, -0.25) is 24.0 Å². The van der Waals surface area contributed by atoms with E-state index in [9.17, 15) is 14.4 Å². The van der Waals surface area contributed by atoms with Gasteiger partial charge in [-0.05, 0) is 18.1 Å². The summed E-state index contributed by atoms with van der Waals surface area (Å²) in [6.07, 6.45) is 3.57. The first-order valence-corrected chi connectivity index (χ1v) is 9.82. The number of carbonyl (C=O) groups excluding carboxylic acids is 1. The van der Waals surface area contributed by atoms with Crippen LogP contribution in [0.4, 0.5) is 11.5 Å². The molecule has 3 aromatic rings. The Morgan fingerprint density at radius 2 is 1.84 bits per heavy atom. The molecule has 0 aliphatic heterocycles. The zero-order valence-corrected chi connectivity index (χ0v) is 17.6. The van der Waals surface area contributed by atoms with Crippen LogP contribution in [0.3, 0.4) is 0 Å². The lowest BCUT2D eigenvalue weighted by molar-refractivity contribution is -0.684. The second-order valence-corrected chi connectivity index (χ2v) is 7.15. The molecule has 162 valence electrons. The van der Waals surface area contributed by atoms with Crippen LogP contribution >= 0.6 is 0 Å². The third kappa shape index (κ3) is 5.26. The van der Waals surface area contributed by atoms with Crippen molar-refractivity contribution in [3.63, 3.8) is 0 Å².